The molecule has 2 rings (SSSR count). The summed E-state index contributed by atoms with van der Waals surface area (Å²) in [6, 6.07) is 5.42. The van der Waals surface area contributed by atoms with Crippen LogP contribution in [0.15, 0.2) is 24.4 Å². The summed E-state index contributed by atoms with van der Waals surface area (Å²) in [4.78, 5) is 0. The molecule has 2 nitrogen and oxygen atoms in total. The van der Waals surface area contributed by atoms with Gasteiger partial charge in [0.05, 0.1) is 11.6 Å². The molecule has 1 heterocycles. The van der Waals surface area contributed by atoms with E-state index in [1.54, 1.807) is 23.0 Å². The van der Waals surface area contributed by atoms with Gasteiger partial charge in [0.2, 0.25) is 0 Å². The van der Waals surface area contributed by atoms with Gasteiger partial charge in [-0.2, -0.15) is 5.10 Å². The first-order valence-corrected chi connectivity index (χ1v) is 6.60. The van der Waals surface area contributed by atoms with E-state index < -0.39 is 0 Å². The van der Waals surface area contributed by atoms with E-state index in [1.807, 2.05) is 6.07 Å². The third-order valence-corrected chi connectivity index (χ3v) is 4.16. The van der Waals surface area contributed by atoms with Crippen LogP contribution in [0.3, 0.4) is 0 Å². The molecular formula is C10H6Cl3IN2. The number of benzene rings is 1. The Labute approximate surface area is 122 Å². The molecule has 0 fully saturated rings. The minimum atomic E-state index is 0.515. The van der Waals surface area contributed by atoms with Crippen molar-refractivity contribution in [3.8, 4) is 0 Å². The number of hydrogen-bond acceptors (Lipinski definition) is 1. The maximum Gasteiger partial charge on any atom is 0.141 e. The van der Waals surface area contributed by atoms with Crippen molar-refractivity contribution < 1.29 is 0 Å². The minimum Gasteiger partial charge on any atom is -0.266 e. The molecule has 0 N–H and O–H groups in total. The molecule has 0 saturated carbocycles. The van der Waals surface area contributed by atoms with E-state index in [0.29, 0.717) is 21.6 Å². The van der Waals surface area contributed by atoms with Gasteiger partial charge in [0.1, 0.15) is 3.70 Å². The number of hydrogen-bond donors (Lipinski definition) is 0. The highest BCUT2D eigenvalue weighted by molar-refractivity contribution is 14.1. The van der Waals surface area contributed by atoms with Gasteiger partial charge in [-0.3, -0.25) is 4.68 Å². The Bertz CT molecular complexity index is 485. The van der Waals surface area contributed by atoms with E-state index in [2.05, 4.69) is 27.7 Å². The Hall–Kier alpha value is 0.0300. The Morgan fingerprint density at radius 3 is 2.25 bits per heavy atom. The summed E-state index contributed by atoms with van der Waals surface area (Å²) in [6.07, 6.45) is 1.75. The summed E-state index contributed by atoms with van der Waals surface area (Å²) < 4.78 is 2.49. The van der Waals surface area contributed by atoms with Crippen LogP contribution in [0.4, 0.5) is 0 Å². The van der Waals surface area contributed by atoms with Crippen molar-refractivity contribution >= 4 is 57.4 Å². The molecule has 0 aliphatic heterocycles. The van der Waals surface area contributed by atoms with Crippen molar-refractivity contribution in [2.24, 2.45) is 0 Å². The van der Waals surface area contributed by atoms with Crippen molar-refractivity contribution in [3.05, 3.63) is 48.7 Å². The lowest BCUT2D eigenvalue weighted by molar-refractivity contribution is 0.681. The molecule has 0 radical (unpaired) electrons. The second kappa shape index (κ2) is 5.12. The maximum absolute atomic E-state index is 6.07. The third-order valence-electron chi connectivity index (χ3n) is 2.06. The lowest BCUT2D eigenvalue weighted by Gasteiger charge is -2.06. The molecule has 2 aromatic rings. The molecule has 0 saturated heterocycles. The zero-order valence-corrected chi connectivity index (χ0v) is 12.3. The van der Waals surface area contributed by atoms with Crippen LogP contribution >= 0.6 is 57.4 Å². The van der Waals surface area contributed by atoms with Gasteiger partial charge in [-0.25, -0.2) is 0 Å². The standard InChI is InChI=1S/C10H6Cl3IN2/c11-7-2-1-3-8(12)6(7)4-16-5-9(13)10(14)15-16/h1-3,5H,4H2. The monoisotopic (exact) mass is 386 g/mol. The van der Waals surface area contributed by atoms with Gasteiger partial charge >= 0.3 is 0 Å². The molecule has 1 aromatic heterocycles. The quantitative estimate of drug-likeness (QED) is 0.694. The van der Waals surface area contributed by atoms with Crippen LogP contribution in [0.1, 0.15) is 5.56 Å². The summed E-state index contributed by atoms with van der Waals surface area (Å²) in [5.74, 6) is 0. The van der Waals surface area contributed by atoms with E-state index in [1.165, 1.54) is 0 Å². The lowest BCUT2D eigenvalue weighted by Crippen LogP contribution is -2.01. The Balaban J connectivity index is 2.33. The fraction of sp³-hybridized carbons (Fsp3) is 0.100. The number of rotatable bonds is 2. The van der Waals surface area contributed by atoms with Gasteiger partial charge in [-0.15, -0.1) is 0 Å². The molecule has 6 heteroatoms. The van der Waals surface area contributed by atoms with Crippen LogP contribution in [0, 0.1) is 3.70 Å². The molecular weight excluding hydrogens is 381 g/mol. The average Bonchev–Trinajstić information content (AvgIpc) is 2.53. The molecule has 0 spiro atoms. The van der Waals surface area contributed by atoms with Crippen LogP contribution in [0.25, 0.3) is 0 Å². The van der Waals surface area contributed by atoms with E-state index in [4.69, 9.17) is 34.8 Å². The third kappa shape index (κ3) is 2.64. The van der Waals surface area contributed by atoms with Crippen LogP contribution in [-0.4, -0.2) is 9.78 Å². The van der Waals surface area contributed by atoms with Gasteiger partial charge in [-0.05, 0) is 34.7 Å². The fourth-order valence-corrected chi connectivity index (χ4v) is 2.38. The predicted octanol–water partition coefficient (Wildman–Crippen LogP) is 4.50. The smallest absolute Gasteiger partial charge is 0.141 e. The largest absolute Gasteiger partial charge is 0.266 e. The zero-order chi connectivity index (χ0) is 11.7. The van der Waals surface area contributed by atoms with E-state index in [0.717, 1.165) is 9.26 Å². The molecule has 0 amide bonds. The van der Waals surface area contributed by atoms with Gasteiger partial charge < -0.3 is 0 Å². The van der Waals surface area contributed by atoms with Gasteiger partial charge in [0, 0.05) is 21.8 Å². The van der Waals surface area contributed by atoms with E-state index in [-0.39, 0.29) is 0 Å². The number of nitrogens with zero attached hydrogens (tertiary/aromatic N) is 2. The van der Waals surface area contributed by atoms with Crippen molar-refractivity contribution in [3.63, 3.8) is 0 Å². The Morgan fingerprint density at radius 1 is 1.12 bits per heavy atom. The van der Waals surface area contributed by atoms with Crippen LogP contribution < -0.4 is 0 Å². The van der Waals surface area contributed by atoms with Crippen molar-refractivity contribution in [2.45, 2.75) is 6.54 Å². The topological polar surface area (TPSA) is 17.8 Å². The van der Waals surface area contributed by atoms with Crippen molar-refractivity contribution in [1.29, 1.82) is 0 Å². The molecule has 0 aliphatic carbocycles. The summed E-state index contributed by atoms with van der Waals surface area (Å²) >= 11 is 20.1. The van der Waals surface area contributed by atoms with Gasteiger partial charge in [0.25, 0.3) is 0 Å². The Kier molecular flexibility index (Phi) is 4.00. The molecule has 1 aromatic carbocycles. The fourth-order valence-electron chi connectivity index (χ4n) is 1.30. The lowest BCUT2D eigenvalue weighted by atomic mass is 10.2. The summed E-state index contributed by atoms with van der Waals surface area (Å²) in [7, 11) is 0. The highest BCUT2D eigenvalue weighted by Gasteiger charge is 2.09. The average molecular weight is 387 g/mol. The van der Waals surface area contributed by atoms with Crippen molar-refractivity contribution in [1.82, 2.24) is 9.78 Å². The van der Waals surface area contributed by atoms with E-state index in [9.17, 15) is 0 Å². The molecule has 84 valence electrons. The van der Waals surface area contributed by atoms with Gasteiger partial charge in [0.15, 0.2) is 0 Å². The van der Waals surface area contributed by atoms with Gasteiger partial charge in [-0.1, -0.05) is 40.9 Å². The number of aromatic nitrogens is 2. The first kappa shape index (κ1) is 12.5. The second-order valence-corrected chi connectivity index (χ2v) is 5.41. The molecule has 0 atom stereocenters. The zero-order valence-electron chi connectivity index (χ0n) is 7.92. The minimum absolute atomic E-state index is 0.515. The summed E-state index contributed by atoms with van der Waals surface area (Å²) in [5.41, 5.74) is 0.849. The normalized spacial score (nSPS) is 10.8. The first-order chi connectivity index (χ1) is 7.58. The van der Waals surface area contributed by atoms with Crippen LogP contribution in [0.5, 0.6) is 0 Å². The molecule has 0 aliphatic rings. The Morgan fingerprint density at radius 2 is 1.75 bits per heavy atom. The SMILES string of the molecule is Clc1cn(Cc2c(Cl)cccc2Cl)nc1I. The summed E-state index contributed by atoms with van der Waals surface area (Å²) in [5, 5.41) is 6.14. The van der Waals surface area contributed by atoms with Crippen LogP contribution in [0.2, 0.25) is 15.1 Å². The highest BCUT2D eigenvalue weighted by atomic mass is 127. The van der Waals surface area contributed by atoms with Crippen LogP contribution in [-0.2, 0) is 6.54 Å². The summed E-state index contributed by atoms with van der Waals surface area (Å²) in [6.45, 7) is 0.515. The molecule has 0 unspecified atom stereocenters. The number of halogens is 4. The maximum atomic E-state index is 6.07. The highest BCUT2D eigenvalue weighted by Crippen LogP contribution is 2.25. The molecule has 0 bridgehead atoms. The first-order valence-electron chi connectivity index (χ1n) is 4.39. The molecule has 16 heavy (non-hydrogen) atoms. The second-order valence-electron chi connectivity index (χ2n) is 3.17. The van der Waals surface area contributed by atoms with E-state index >= 15 is 0 Å². The van der Waals surface area contributed by atoms with Crippen molar-refractivity contribution in [2.75, 3.05) is 0 Å². The predicted molar refractivity (Wildman–Crippen MR) is 75.5 cm³/mol.